The van der Waals surface area contributed by atoms with Crippen LogP contribution in [-0.4, -0.2) is 42.6 Å². The van der Waals surface area contributed by atoms with Gasteiger partial charge in [-0.15, -0.1) is 0 Å². The first-order chi connectivity index (χ1) is 12.8. The van der Waals surface area contributed by atoms with E-state index in [1.54, 1.807) is 0 Å². The Morgan fingerprint density at radius 1 is 1.04 bits per heavy atom. The summed E-state index contributed by atoms with van der Waals surface area (Å²) >= 11 is 0. The zero-order valence-electron chi connectivity index (χ0n) is 15.8. The number of amides is 1. The van der Waals surface area contributed by atoms with Gasteiger partial charge in [0, 0.05) is 24.5 Å². The molecule has 4 nitrogen and oxygen atoms in total. The van der Waals surface area contributed by atoms with Gasteiger partial charge in [-0.05, 0) is 57.2 Å². The lowest BCUT2D eigenvalue weighted by atomic mass is 9.90. The lowest BCUT2D eigenvalue weighted by Gasteiger charge is -2.40. The van der Waals surface area contributed by atoms with E-state index in [-0.39, 0.29) is 5.91 Å². The van der Waals surface area contributed by atoms with Crippen LogP contribution in [-0.2, 0) is 0 Å². The van der Waals surface area contributed by atoms with Crippen molar-refractivity contribution < 1.29 is 9.53 Å². The third-order valence-electron chi connectivity index (χ3n) is 6.16. The highest BCUT2D eigenvalue weighted by Gasteiger charge is 2.28. The molecule has 0 aromatic heterocycles. The Morgan fingerprint density at radius 2 is 1.85 bits per heavy atom. The number of carbonyl (C=O) groups is 1. The van der Waals surface area contributed by atoms with Gasteiger partial charge < -0.3 is 10.1 Å². The minimum absolute atomic E-state index is 0.00979. The molecule has 1 amide bonds. The number of piperidine rings is 1. The van der Waals surface area contributed by atoms with Crippen LogP contribution < -0.4 is 10.1 Å². The number of nitrogens with one attached hydrogen (secondary N) is 1. The smallest absolute Gasteiger partial charge is 0.255 e. The number of benzene rings is 1. The molecule has 142 valence electrons. The summed E-state index contributed by atoms with van der Waals surface area (Å²) in [5, 5.41) is 3.07. The van der Waals surface area contributed by atoms with Crippen LogP contribution in [0.2, 0.25) is 0 Å². The van der Waals surface area contributed by atoms with Gasteiger partial charge in [0.2, 0.25) is 0 Å². The first kappa shape index (κ1) is 17.8. The molecule has 0 bridgehead atoms. The summed E-state index contributed by atoms with van der Waals surface area (Å²) in [6, 6.07) is 8.85. The Kier molecular flexibility index (Phi) is 5.78. The highest BCUT2D eigenvalue weighted by molar-refractivity contribution is 5.97. The van der Waals surface area contributed by atoms with Crippen LogP contribution >= 0.6 is 0 Å². The van der Waals surface area contributed by atoms with E-state index in [4.69, 9.17) is 4.74 Å². The van der Waals surface area contributed by atoms with Gasteiger partial charge in [0.1, 0.15) is 5.75 Å². The maximum atomic E-state index is 12.4. The van der Waals surface area contributed by atoms with Gasteiger partial charge in [-0.25, -0.2) is 0 Å². The van der Waals surface area contributed by atoms with E-state index in [1.807, 2.05) is 24.3 Å². The summed E-state index contributed by atoms with van der Waals surface area (Å²) in [4.78, 5) is 15.1. The maximum Gasteiger partial charge on any atom is 0.255 e. The lowest BCUT2D eigenvalue weighted by molar-refractivity contribution is 0.0768. The molecule has 1 unspecified atom stereocenters. The van der Waals surface area contributed by atoms with Gasteiger partial charge in [0.05, 0.1) is 12.2 Å². The Labute approximate surface area is 157 Å². The zero-order chi connectivity index (χ0) is 17.8. The second-order valence-electron chi connectivity index (χ2n) is 8.35. The van der Waals surface area contributed by atoms with Gasteiger partial charge in [0.15, 0.2) is 0 Å². The van der Waals surface area contributed by atoms with Gasteiger partial charge >= 0.3 is 0 Å². The number of para-hydroxylation sites is 1. The van der Waals surface area contributed by atoms with Gasteiger partial charge in [-0.2, -0.15) is 0 Å². The Hall–Kier alpha value is -1.55. The molecule has 2 aliphatic carbocycles. The minimum Gasteiger partial charge on any atom is -0.492 e. The number of hydrogen-bond acceptors (Lipinski definition) is 3. The summed E-state index contributed by atoms with van der Waals surface area (Å²) in [5.41, 5.74) is 0.680. The topological polar surface area (TPSA) is 41.6 Å². The quantitative estimate of drug-likeness (QED) is 0.837. The number of hydrogen-bond donors (Lipinski definition) is 1. The average molecular weight is 357 g/mol. The number of ether oxygens (including phenoxy) is 1. The van der Waals surface area contributed by atoms with Gasteiger partial charge in [-0.3, -0.25) is 9.69 Å². The highest BCUT2D eigenvalue weighted by atomic mass is 16.5. The highest BCUT2D eigenvalue weighted by Crippen LogP contribution is 2.28. The number of rotatable bonds is 6. The fraction of sp³-hybridized carbons (Fsp3) is 0.682. The zero-order valence-corrected chi connectivity index (χ0v) is 15.8. The largest absolute Gasteiger partial charge is 0.492 e. The summed E-state index contributed by atoms with van der Waals surface area (Å²) in [5.74, 6) is 1.32. The van der Waals surface area contributed by atoms with Crippen molar-refractivity contribution in [3.8, 4) is 5.75 Å². The lowest BCUT2D eigenvalue weighted by Crippen LogP contribution is -2.44. The summed E-state index contributed by atoms with van der Waals surface area (Å²) in [7, 11) is 0. The van der Waals surface area contributed by atoms with E-state index >= 15 is 0 Å². The molecular formula is C22H32N2O2. The third kappa shape index (κ3) is 4.59. The van der Waals surface area contributed by atoms with E-state index in [9.17, 15) is 4.79 Å². The number of likely N-dealkylation sites (tertiary alicyclic amines) is 1. The molecule has 3 fully saturated rings. The SMILES string of the molecule is O=C(NC1CC1)c1ccccc1OCC1CCCN(C2CCCCC2)C1. The van der Waals surface area contributed by atoms with Crippen molar-refractivity contribution in [2.24, 2.45) is 5.92 Å². The van der Waals surface area contributed by atoms with E-state index in [0.717, 1.165) is 37.8 Å². The van der Waals surface area contributed by atoms with E-state index < -0.39 is 0 Å². The fourth-order valence-electron chi connectivity index (χ4n) is 4.49. The Balaban J connectivity index is 1.32. The molecule has 26 heavy (non-hydrogen) atoms. The molecule has 4 rings (SSSR count). The molecule has 3 aliphatic rings. The van der Waals surface area contributed by atoms with Crippen LogP contribution in [0.3, 0.4) is 0 Å². The van der Waals surface area contributed by atoms with Crippen LogP contribution in [0.4, 0.5) is 0 Å². The predicted octanol–water partition coefficient (Wildman–Crippen LogP) is 4.00. The maximum absolute atomic E-state index is 12.4. The molecule has 1 atom stereocenters. The molecule has 1 aliphatic heterocycles. The van der Waals surface area contributed by atoms with Crippen molar-refractivity contribution in [1.82, 2.24) is 10.2 Å². The molecule has 1 N–H and O–H groups in total. The van der Waals surface area contributed by atoms with E-state index in [2.05, 4.69) is 10.2 Å². The molecule has 1 saturated heterocycles. The molecule has 1 aromatic carbocycles. The summed E-state index contributed by atoms with van der Waals surface area (Å²) in [6.07, 6.45) is 11.7. The Morgan fingerprint density at radius 3 is 2.65 bits per heavy atom. The third-order valence-corrected chi connectivity index (χ3v) is 6.16. The van der Waals surface area contributed by atoms with E-state index in [1.165, 1.54) is 51.5 Å². The minimum atomic E-state index is 0.00979. The fourth-order valence-corrected chi connectivity index (χ4v) is 4.49. The number of nitrogens with zero attached hydrogens (tertiary/aromatic N) is 1. The average Bonchev–Trinajstić information content (AvgIpc) is 3.51. The monoisotopic (exact) mass is 356 g/mol. The van der Waals surface area contributed by atoms with Crippen LogP contribution in [0.5, 0.6) is 5.75 Å². The molecule has 1 aromatic rings. The summed E-state index contributed by atoms with van der Waals surface area (Å²) in [6.45, 7) is 3.12. The van der Waals surface area contributed by atoms with E-state index in [0.29, 0.717) is 17.5 Å². The molecule has 4 heteroatoms. The first-order valence-corrected chi connectivity index (χ1v) is 10.6. The van der Waals surface area contributed by atoms with Crippen LogP contribution in [0, 0.1) is 5.92 Å². The van der Waals surface area contributed by atoms with Crippen LogP contribution in [0.25, 0.3) is 0 Å². The molecule has 0 spiro atoms. The van der Waals surface area contributed by atoms with Crippen LogP contribution in [0.15, 0.2) is 24.3 Å². The van der Waals surface area contributed by atoms with Crippen molar-refractivity contribution in [1.29, 1.82) is 0 Å². The van der Waals surface area contributed by atoms with Gasteiger partial charge in [0.25, 0.3) is 5.91 Å². The standard InChI is InChI=1S/C22H32N2O2/c25-22(23-18-12-13-18)20-10-4-5-11-21(20)26-16-17-7-6-14-24(15-17)19-8-2-1-3-9-19/h4-5,10-11,17-19H,1-3,6-9,12-16H2,(H,23,25). The first-order valence-electron chi connectivity index (χ1n) is 10.6. The molecule has 2 saturated carbocycles. The second-order valence-corrected chi connectivity index (χ2v) is 8.35. The predicted molar refractivity (Wildman–Crippen MR) is 104 cm³/mol. The van der Waals surface area contributed by atoms with Crippen molar-refractivity contribution in [2.75, 3.05) is 19.7 Å². The molecular weight excluding hydrogens is 324 g/mol. The van der Waals surface area contributed by atoms with Crippen molar-refractivity contribution >= 4 is 5.91 Å². The molecule has 1 heterocycles. The normalized spacial score (nSPS) is 25.0. The second kappa shape index (κ2) is 8.43. The van der Waals surface area contributed by atoms with Gasteiger partial charge in [-0.1, -0.05) is 31.4 Å². The molecule has 0 radical (unpaired) electrons. The summed E-state index contributed by atoms with van der Waals surface area (Å²) < 4.78 is 6.15. The van der Waals surface area contributed by atoms with Crippen molar-refractivity contribution in [3.05, 3.63) is 29.8 Å². The van der Waals surface area contributed by atoms with Crippen LogP contribution in [0.1, 0.15) is 68.1 Å². The van der Waals surface area contributed by atoms with Crippen molar-refractivity contribution in [3.63, 3.8) is 0 Å². The van der Waals surface area contributed by atoms with Crippen molar-refractivity contribution in [2.45, 2.75) is 69.9 Å². The number of carbonyl (C=O) groups excluding carboxylic acids is 1. The Bertz CT molecular complexity index is 608.